The van der Waals surface area contributed by atoms with Crippen LogP contribution in [-0.2, 0) is 0 Å². The molecule has 0 radical (unpaired) electrons. The molecular formula is C52H34N4. The molecule has 0 bridgehead atoms. The van der Waals surface area contributed by atoms with Crippen molar-refractivity contribution in [2.45, 2.75) is 0 Å². The molecule has 3 aromatic heterocycles. The number of hydrogen-bond acceptors (Lipinski definition) is 2. The van der Waals surface area contributed by atoms with Crippen LogP contribution in [0.4, 0.5) is 0 Å². The Balaban J connectivity index is 1.28. The lowest BCUT2D eigenvalue weighted by atomic mass is 9.93. The molecule has 0 saturated heterocycles. The average molecular weight is 715 g/mol. The highest BCUT2D eigenvalue weighted by atomic mass is 15.0. The minimum absolute atomic E-state index is 0.681. The van der Waals surface area contributed by atoms with Gasteiger partial charge in [0.25, 0.3) is 0 Å². The first-order valence-electron chi connectivity index (χ1n) is 19.0. The first-order valence-corrected chi connectivity index (χ1v) is 19.0. The number of rotatable bonds is 6. The fraction of sp³-hybridized carbons (Fsp3) is 0. The molecule has 0 spiro atoms. The van der Waals surface area contributed by atoms with Crippen molar-refractivity contribution in [1.29, 1.82) is 0 Å². The van der Waals surface area contributed by atoms with Crippen LogP contribution < -0.4 is 0 Å². The van der Waals surface area contributed by atoms with Crippen LogP contribution in [0.3, 0.4) is 0 Å². The molecule has 0 aliphatic carbocycles. The standard InChI is InChI=1S/C52H34N4/c1-3-18-35(19-4-1)43-34-44(54-52(53-43)36-20-5-2-6-21-36)51-42(27-17-33-50(51)56-47-30-14-9-24-39(47)40-25-10-15-31-48(40)56)41-26-11-16-32-49(41)55-45-28-12-7-22-37(45)38-23-8-13-29-46(38)55/h1-34H. The highest BCUT2D eigenvalue weighted by Crippen LogP contribution is 2.44. The van der Waals surface area contributed by atoms with E-state index in [1.54, 1.807) is 0 Å². The lowest BCUT2D eigenvalue weighted by Crippen LogP contribution is -2.04. The summed E-state index contributed by atoms with van der Waals surface area (Å²) in [6, 6.07) is 73.2. The van der Waals surface area contributed by atoms with Crippen molar-refractivity contribution in [3.8, 4) is 56.4 Å². The lowest BCUT2D eigenvalue weighted by Gasteiger charge is -2.21. The molecule has 4 nitrogen and oxygen atoms in total. The van der Waals surface area contributed by atoms with Gasteiger partial charge in [-0.15, -0.1) is 0 Å². The van der Waals surface area contributed by atoms with Crippen molar-refractivity contribution in [3.63, 3.8) is 0 Å². The summed E-state index contributed by atoms with van der Waals surface area (Å²) in [7, 11) is 0. The van der Waals surface area contributed by atoms with Crippen LogP contribution in [0.1, 0.15) is 0 Å². The molecule has 3 heterocycles. The monoisotopic (exact) mass is 714 g/mol. The van der Waals surface area contributed by atoms with E-state index in [1.165, 1.54) is 32.6 Å². The fourth-order valence-corrected chi connectivity index (χ4v) is 8.53. The van der Waals surface area contributed by atoms with Crippen molar-refractivity contribution >= 4 is 43.6 Å². The first-order chi connectivity index (χ1) is 27.8. The quantitative estimate of drug-likeness (QED) is 0.172. The Hall–Kier alpha value is -7.56. The van der Waals surface area contributed by atoms with Crippen molar-refractivity contribution in [2.75, 3.05) is 0 Å². The van der Waals surface area contributed by atoms with E-state index >= 15 is 0 Å². The second-order valence-electron chi connectivity index (χ2n) is 14.2. The Labute approximate surface area is 324 Å². The van der Waals surface area contributed by atoms with Crippen LogP contribution in [0.15, 0.2) is 206 Å². The van der Waals surface area contributed by atoms with E-state index in [2.05, 4.69) is 191 Å². The van der Waals surface area contributed by atoms with Gasteiger partial charge in [0, 0.05) is 43.8 Å². The highest BCUT2D eigenvalue weighted by Gasteiger charge is 2.24. The Kier molecular flexibility index (Phi) is 7.46. The third kappa shape index (κ3) is 5.08. The zero-order chi connectivity index (χ0) is 37.0. The van der Waals surface area contributed by atoms with Crippen LogP contribution in [0.2, 0.25) is 0 Å². The number of fused-ring (bicyclic) bond motifs is 6. The molecule has 0 amide bonds. The third-order valence-electron chi connectivity index (χ3n) is 11.0. The van der Waals surface area contributed by atoms with E-state index in [0.717, 1.165) is 61.6 Å². The fourth-order valence-electron chi connectivity index (χ4n) is 8.53. The number of hydrogen-bond donors (Lipinski definition) is 0. The van der Waals surface area contributed by atoms with Crippen molar-refractivity contribution < 1.29 is 0 Å². The molecule has 0 N–H and O–H groups in total. The van der Waals surface area contributed by atoms with Crippen molar-refractivity contribution in [1.82, 2.24) is 19.1 Å². The molecule has 0 aliphatic rings. The average Bonchev–Trinajstić information content (AvgIpc) is 3.79. The summed E-state index contributed by atoms with van der Waals surface area (Å²) < 4.78 is 4.83. The van der Waals surface area contributed by atoms with Crippen LogP contribution >= 0.6 is 0 Å². The zero-order valence-electron chi connectivity index (χ0n) is 30.4. The summed E-state index contributed by atoms with van der Waals surface area (Å²) in [5, 5.41) is 4.88. The normalized spacial score (nSPS) is 11.6. The van der Waals surface area contributed by atoms with E-state index in [4.69, 9.17) is 9.97 Å². The summed E-state index contributed by atoms with van der Waals surface area (Å²) in [6.07, 6.45) is 0. The minimum atomic E-state index is 0.681. The molecule has 0 saturated carbocycles. The van der Waals surface area contributed by atoms with E-state index in [9.17, 15) is 0 Å². The van der Waals surface area contributed by atoms with Crippen LogP contribution in [0.5, 0.6) is 0 Å². The van der Waals surface area contributed by atoms with E-state index in [1.807, 2.05) is 24.3 Å². The summed E-state index contributed by atoms with van der Waals surface area (Å²) in [5.74, 6) is 0.681. The molecule has 56 heavy (non-hydrogen) atoms. The Bertz CT molecular complexity index is 3080. The second-order valence-corrected chi connectivity index (χ2v) is 14.2. The van der Waals surface area contributed by atoms with E-state index in [0.29, 0.717) is 5.82 Å². The van der Waals surface area contributed by atoms with Gasteiger partial charge in [-0.3, -0.25) is 0 Å². The largest absolute Gasteiger partial charge is 0.309 e. The van der Waals surface area contributed by atoms with Crippen LogP contribution in [0, 0.1) is 0 Å². The molecule has 0 atom stereocenters. The maximum atomic E-state index is 5.48. The van der Waals surface area contributed by atoms with Gasteiger partial charge >= 0.3 is 0 Å². The molecule has 262 valence electrons. The van der Waals surface area contributed by atoms with Crippen molar-refractivity contribution in [3.05, 3.63) is 206 Å². The smallest absolute Gasteiger partial charge is 0.160 e. The lowest BCUT2D eigenvalue weighted by molar-refractivity contribution is 1.15. The van der Waals surface area contributed by atoms with Crippen molar-refractivity contribution in [2.24, 2.45) is 0 Å². The second kappa shape index (κ2) is 13.1. The van der Waals surface area contributed by atoms with Crippen LogP contribution in [0.25, 0.3) is 100 Å². The number of benzene rings is 8. The molecule has 0 unspecified atom stereocenters. The molecule has 4 heteroatoms. The van der Waals surface area contributed by atoms with Crippen LogP contribution in [-0.4, -0.2) is 19.1 Å². The van der Waals surface area contributed by atoms with Gasteiger partial charge in [0.2, 0.25) is 0 Å². The number of aromatic nitrogens is 4. The van der Waals surface area contributed by atoms with Gasteiger partial charge in [-0.1, -0.05) is 164 Å². The molecule has 8 aromatic carbocycles. The van der Waals surface area contributed by atoms with Gasteiger partial charge in [-0.2, -0.15) is 0 Å². The Morgan fingerprint density at radius 3 is 1.29 bits per heavy atom. The van der Waals surface area contributed by atoms with Gasteiger partial charge < -0.3 is 9.13 Å². The summed E-state index contributed by atoms with van der Waals surface area (Å²) in [6.45, 7) is 0. The maximum absolute atomic E-state index is 5.48. The first kappa shape index (κ1) is 31.9. The molecule has 0 aliphatic heterocycles. The van der Waals surface area contributed by atoms with Gasteiger partial charge in [0.1, 0.15) is 0 Å². The summed E-state index contributed by atoms with van der Waals surface area (Å²) >= 11 is 0. The predicted octanol–water partition coefficient (Wildman–Crippen LogP) is 13.3. The Morgan fingerprint density at radius 1 is 0.304 bits per heavy atom. The van der Waals surface area contributed by atoms with E-state index < -0.39 is 0 Å². The summed E-state index contributed by atoms with van der Waals surface area (Å²) in [5.41, 5.74) is 13.7. The van der Waals surface area contributed by atoms with Gasteiger partial charge in [0.15, 0.2) is 5.82 Å². The predicted molar refractivity (Wildman–Crippen MR) is 232 cm³/mol. The SMILES string of the molecule is c1ccc(-c2cc(-c3c(-c4ccccc4-n4c5ccccc5c5ccccc54)cccc3-n3c4ccccc4c4ccccc43)nc(-c3ccccc3)n2)cc1. The minimum Gasteiger partial charge on any atom is -0.309 e. The van der Waals surface area contributed by atoms with Gasteiger partial charge in [0.05, 0.1) is 44.8 Å². The molecular weight excluding hydrogens is 681 g/mol. The highest BCUT2D eigenvalue weighted by molar-refractivity contribution is 6.11. The maximum Gasteiger partial charge on any atom is 0.160 e. The van der Waals surface area contributed by atoms with E-state index in [-0.39, 0.29) is 0 Å². The van der Waals surface area contributed by atoms with Gasteiger partial charge in [-0.05, 0) is 48.0 Å². The third-order valence-corrected chi connectivity index (χ3v) is 11.0. The number of nitrogens with zero attached hydrogens (tertiary/aromatic N) is 4. The molecule has 11 aromatic rings. The summed E-state index contributed by atoms with van der Waals surface area (Å²) in [4.78, 5) is 10.7. The molecule has 11 rings (SSSR count). The topological polar surface area (TPSA) is 35.6 Å². The van der Waals surface area contributed by atoms with Gasteiger partial charge in [-0.25, -0.2) is 9.97 Å². The zero-order valence-corrected chi connectivity index (χ0v) is 30.4. The molecule has 0 fully saturated rings. The Morgan fingerprint density at radius 2 is 0.714 bits per heavy atom. The number of para-hydroxylation sites is 5.